The Morgan fingerprint density at radius 1 is 0.967 bits per heavy atom. The highest BCUT2D eigenvalue weighted by Gasteiger charge is 2.44. The number of carboxylic acid groups (broad SMARTS) is 1. The summed E-state index contributed by atoms with van der Waals surface area (Å²) in [5.41, 5.74) is 1.23. The van der Waals surface area contributed by atoms with E-state index in [1.807, 2.05) is 39.8 Å². The zero-order valence-corrected chi connectivity index (χ0v) is 35.7. The molecule has 60 heavy (non-hydrogen) atoms. The minimum atomic E-state index is -1.10. The Morgan fingerprint density at radius 2 is 1.72 bits per heavy atom. The van der Waals surface area contributed by atoms with E-state index >= 15 is 0 Å². The fourth-order valence-corrected chi connectivity index (χ4v) is 8.27. The molecule has 7 rings (SSSR count). The van der Waals surface area contributed by atoms with E-state index in [4.69, 9.17) is 35.2 Å². The molecule has 3 aromatic heterocycles. The number of aliphatic carboxylic acids is 1. The largest absolute Gasteiger partial charge is 0.481 e. The van der Waals surface area contributed by atoms with E-state index in [1.165, 1.54) is 0 Å². The fourth-order valence-electron chi connectivity index (χ4n) is 8.01. The highest BCUT2D eigenvalue weighted by atomic mass is 35.5. The molecule has 2 unspecified atom stereocenters. The number of hydrogen-bond acceptors (Lipinski definition) is 12. The van der Waals surface area contributed by atoms with Gasteiger partial charge in [-0.3, -0.25) is 14.2 Å². The molecule has 2 amide bonds. The van der Waals surface area contributed by atoms with Crippen molar-refractivity contribution in [3.63, 3.8) is 0 Å². The third-order valence-corrected chi connectivity index (χ3v) is 10.8. The van der Waals surface area contributed by atoms with E-state index in [2.05, 4.69) is 22.2 Å². The van der Waals surface area contributed by atoms with Gasteiger partial charge in [0.2, 0.25) is 5.91 Å². The Labute approximate surface area is 352 Å². The number of likely N-dealkylation sites (tertiary alicyclic amines) is 1. The van der Waals surface area contributed by atoms with Gasteiger partial charge in [0, 0.05) is 43.9 Å². The number of ether oxygens (including phenoxy) is 3. The number of carbonyl (C=O) groups excluding carboxylic acids is 3. The van der Waals surface area contributed by atoms with E-state index in [0.717, 1.165) is 0 Å². The van der Waals surface area contributed by atoms with Crippen LogP contribution >= 0.6 is 11.6 Å². The molecular weight excluding hydrogens is 794 g/mol. The molecule has 0 radical (unpaired) electrons. The average Bonchev–Trinajstić information content (AvgIpc) is 3.85. The number of anilines is 1. The minimum Gasteiger partial charge on any atom is -0.481 e. The molecule has 0 saturated carbocycles. The lowest BCUT2D eigenvalue weighted by Crippen LogP contribution is -2.44. The Hall–Kier alpha value is -5.64. The molecule has 0 bridgehead atoms. The van der Waals surface area contributed by atoms with Gasteiger partial charge in [-0.2, -0.15) is 4.98 Å². The van der Waals surface area contributed by atoms with Crippen LogP contribution in [0.25, 0.3) is 33.1 Å². The molecule has 0 aliphatic carbocycles. The summed E-state index contributed by atoms with van der Waals surface area (Å²) in [6.45, 7) is 14.3. The molecule has 2 fully saturated rings. The van der Waals surface area contributed by atoms with Gasteiger partial charge in [-0.1, -0.05) is 36.7 Å². The van der Waals surface area contributed by atoms with Gasteiger partial charge in [0.1, 0.15) is 46.7 Å². The quantitative estimate of drug-likeness (QED) is 0.101. The number of benzene rings is 2. The van der Waals surface area contributed by atoms with Crippen molar-refractivity contribution < 1.29 is 42.9 Å². The lowest BCUT2D eigenvalue weighted by molar-refractivity contribution is -0.156. The van der Waals surface area contributed by atoms with Crippen LogP contribution in [0.3, 0.4) is 0 Å². The maximum atomic E-state index is 14.0. The lowest BCUT2D eigenvalue weighted by atomic mass is 9.93. The molecule has 320 valence electrons. The second kappa shape index (κ2) is 16.8. The van der Waals surface area contributed by atoms with Crippen LogP contribution in [0.2, 0.25) is 5.02 Å². The summed E-state index contributed by atoms with van der Waals surface area (Å²) in [6, 6.07) is 12.1. The van der Waals surface area contributed by atoms with Crippen molar-refractivity contribution in [1.82, 2.24) is 29.7 Å². The first-order valence-electron chi connectivity index (χ1n) is 20.3. The number of para-hydroxylation sites is 2. The summed E-state index contributed by atoms with van der Waals surface area (Å²) < 4.78 is 26.3. The number of furan rings is 1. The van der Waals surface area contributed by atoms with E-state index in [9.17, 15) is 24.3 Å². The molecule has 4 atom stereocenters. The highest BCUT2D eigenvalue weighted by Crippen LogP contribution is 2.41. The van der Waals surface area contributed by atoms with Crippen molar-refractivity contribution in [1.29, 1.82) is 0 Å². The molecule has 2 aliphatic heterocycles. The number of nitrogens with zero attached hydrogens (tertiary/aromatic N) is 6. The highest BCUT2D eigenvalue weighted by molar-refractivity contribution is 6.35. The number of carboxylic acids is 1. The maximum Gasteiger partial charge on any atom is 0.407 e. The number of hydrogen-bond donors (Lipinski definition) is 2. The smallest absolute Gasteiger partial charge is 0.407 e. The maximum absolute atomic E-state index is 14.0. The van der Waals surface area contributed by atoms with Crippen molar-refractivity contribution in [2.45, 2.75) is 110 Å². The normalized spacial score (nSPS) is 19.9. The number of fused-ring (bicyclic) bond motifs is 4. The second-order valence-electron chi connectivity index (χ2n) is 17.6. The number of alkyl carbamates (subject to hydrolysis) is 1. The van der Waals surface area contributed by atoms with E-state index in [1.54, 1.807) is 58.6 Å². The topological polar surface area (TPSA) is 191 Å². The number of halogens is 1. The third kappa shape index (κ3) is 9.38. The van der Waals surface area contributed by atoms with Crippen molar-refractivity contribution in [3.8, 4) is 6.01 Å². The van der Waals surface area contributed by atoms with Crippen molar-refractivity contribution in [3.05, 3.63) is 53.3 Å². The summed E-state index contributed by atoms with van der Waals surface area (Å²) >= 11 is 6.88. The Morgan fingerprint density at radius 3 is 2.43 bits per heavy atom. The second-order valence-corrected chi connectivity index (χ2v) is 18.0. The van der Waals surface area contributed by atoms with Gasteiger partial charge in [-0.05, 0) is 84.6 Å². The zero-order valence-electron chi connectivity index (χ0n) is 35.0. The Bertz CT molecular complexity index is 2430. The predicted octanol–water partition coefficient (Wildman–Crippen LogP) is 7.09. The summed E-state index contributed by atoms with van der Waals surface area (Å²) in [5, 5.41) is 13.6. The van der Waals surface area contributed by atoms with Crippen molar-refractivity contribution in [2.75, 3.05) is 31.1 Å². The molecule has 5 aromatic rings. The SMILES string of the molecule is CC1CN(C(=O)CCCNC(=O)OC(C)(C)C)CCC1n1c(O[C@H]2C[C@@H](C(=O)OC(C)(C)C)N(c3nc(CC(=O)O)nc4c3oc3ccccc34)C2)nc2cccc(Cl)c21. The molecule has 5 heterocycles. The van der Waals surface area contributed by atoms with Gasteiger partial charge >= 0.3 is 18.0 Å². The Kier molecular flexibility index (Phi) is 11.9. The fraction of sp³-hybridized carbons (Fsp3) is 0.512. The molecule has 2 N–H and O–H groups in total. The van der Waals surface area contributed by atoms with Gasteiger partial charge < -0.3 is 38.9 Å². The molecule has 17 heteroatoms. The van der Waals surface area contributed by atoms with Crippen molar-refractivity contribution >= 4 is 74.5 Å². The number of imidazole rings is 1. The molecular formula is C43H52ClN7O9. The van der Waals surface area contributed by atoms with Crippen LogP contribution in [-0.2, 0) is 30.3 Å². The predicted molar refractivity (Wildman–Crippen MR) is 224 cm³/mol. The first-order chi connectivity index (χ1) is 28.3. The van der Waals surface area contributed by atoms with Gasteiger partial charge in [0.05, 0.1) is 22.6 Å². The standard InChI is InChI=1S/C43H52ClN7O9/c1-24-22-49(33(52)16-11-18-45-41(56)60-43(5,6)7)19-17-29(24)51-36-27(44)13-10-14-28(36)46-40(51)57-25-20-30(39(55)59-42(2,3)4)50(23-25)38-37-35(47-32(48-38)21-34(53)54)26-12-8-9-15-31(26)58-37/h8-10,12-15,24-25,29-30H,11,16-23H2,1-7H3,(H,45,56)(H,53,54)/t24?,25-,29?,30-/m0/s1. The van der Waals surface area contributed by atoms with Crippen LogP contribution in [0, 0.1) is 5.92 Å². The summed E-state index contributed by atoms with van der Waals surface area (Å²) in [5.74, 6) is -1.30. The van der Waals surface area contributed by atoms with Crippen LogP contribution in [-0.4, -0.2) is 103 Å². The Balaban J connectivity index is 1.16. The number of piperidine rings is 1. The number of rotatable bonds is 11. The van der Waals surface area contributed by atoms with Gasteiger partial charge in [-0.15, -0.1) is 0 Å². The van der Waals surface area contributed by atoms with E-state index in [0.29, 0.717) is 76.6 Å². The molecule has 2 saturated heterocycles. The summed E-state index contributed by atoms with van der Waals surface area (Å²) in [6.07, 6.45) is -0.00860. The van der Waals surface area contributed by atoms with Gasteiger partial charge in [-0.25, -0.2) is 19.6 Å². The minimum absolute atomic E-state index is 0.00492. The average molecular weight is 846 g/mol. The molecule has 2 aromatic carbocycles. The first-order valence-corrected chi connectivity index (χ1v) is 20.7. The third-order valence-electron chi connectivity index (χ3n) is 10.5. The van der Waals surface area contributed by atoms with Crippen LogP contribution in [0.1, 0.15) is 86.0 Å². The summed E-state index contributed by atoms with van der Waals surface area (Å²) in [4.78, 5) is 69.1. The van der Waals surface area contributed by atoms with E-state index < -0.39 is 47.8 Å². The zero-order chi connectivity index (χ0) is 43.1. The number of nitrogens with one attached hydrogen (secondary N) is 1. The van der Waals surface area contributed by atoms with Crippen LogP contribution in [0.15, 0.2) is 46.9 Å². The number of aromatic nitrogens is 4. The molecule has 2 aliphatic rings. The van der Waals surface area contributed by atoms with E-state index in [-0.39, 0.29) is 48.9 Å². The van der Waals surface area contributed by atoms with Crippen LogP contribution in [0.4, 0.5) is 10.6 Å². The van der Waals surface area contributed by atoms with Crippen LogP contribution < -0.4 is 15.0 Å². The first kappa shape index (κ1) is 42.5. The van der Waals surface area contributed by atoms with Crippen LogP contribution in [0.5, 0.6) is 6.01 Å². The lowest BCUT2D eigenvalue weighted by Gasteiger charge is -2.38. The number of amides is 2. The summed E-state index contributed by atoms with van der Waals surface area (Å²) in [7, 11) is 0. The molecule has 0 spiro atoms. The number of carbonyl (C=O) groups is 4. The number of esters is 1. The van der Waals surface area contributed by atoms with Crippen molar-refractivity contribution in [2.24, 2.45) is 5.92 Å². The van der Waals surface area contributed by atoms with Gasteiger partial charge in [0.25, 0.3) is 6.01 Å². The van der Waals surface area contributed by atoms with Gasteiger partial charge in [0.15, 0.2) is 11.4 Å². The molecule has 16 nitrogen and oxygen atoms in total. The monoisotopic (exact) mass is 845 g/mol.